The van der Waals surface area contributed by atoms with E-state index in [0.29, 0.717) is 31.2 Å². The first-order valence-electron chi connectivity index (χ1n) is 6.97. The van der Waals surface area contributed by atoms with Gasteiger partial charge in [0.2, 0.25) is 0 Å². The molecule has 6 heteroatoms. The van der Waals surface area contributed by atoms with Crippen molar-refractivity contribution in [1.82, 2.24) is 0 Å². The van der Waals surface area contributed by atoms with E-state index in [0.717, 1.165) is 0 Å². The minimum Gasteiger partial charge on any atom is -0.508 e. The molecule has 116 valence electrons. The molecule has 0 aromatic heterocycles. The molecule has 0 unspecified atom stereocenters. The van der Waals surface area contributed by atoms with Gasteiger partial charge in [0.05, 0.1) is 0 Å². The fraction of sp³-hybridized carbons (Fsp3) is 0.176. The Balaban J connectivity index is 2.14. The molecule has 0 heterocycles. The first-order valence-corrected chi connectivity index (χ1v) is 8.56. The topological polar surface area (TPSA) is 74.6 Å². The summed E-state index contributed by atoms with van der Waals surface area (Å²) in [5.41, 5.74) is 0.644. The number of Topliss-reactive ketones (excluding diaryl/α,β-unsaturated/α-hetero) is 2. The number of hydrogen-bond acceptors (Lipinski definition) is 4. The Morgan fingerprint density at radius 3 is 1.57 bits per heavy atom. The predicted octanol–water partition coefficient (Wildman–Crippen LogP) is 4.08. The lowest BCUT2D eigenvalue weighted by molar-refractivity contribution is 0.0957. The second-order valence-electron chi connectivity index (χ2n) is 5.92. The highest BCUT2D eigenvalue weighted by Gasteiger charge is 2.55. The average Bonchev–Trinajstić information content (AvgIpc) is 2.95. The van der Waals surface area contributed by atoms with Gasteiger partial charge in [0.1, 0.15) is 11.5 Å². The standard InChI is InChI=1S/C17H10Br2O4/c18-7-1-3-9(20)15-13(7)11(22)5-17(15)6-12(23)14-8(19)2-4-10(21)16(14)17/h1-4,20-21H,5-6H2. The van der Waals surface area contributed by atoms with E-state index in [1.165, 1.54) is 12.1 Å². The molecule has 0 saturated carbocycles. The summed E-state index contributed by atoms with van der Waals surface area (Å²) in [6.07, 6.45) is 0.114. The highest BCUT2D eigenvalue weighted by atomic mass is 79.9. The van der Waals surface area contributed by atoms with E-state index in [-0.39, 0.29) is 35.9 Å². The number of hydrogen-bond donors (Lipinski definition) is 2. The zero-order valence-corrected chi connectivity index (χ0v) is 14.9. The van der Waals surface area contributed by atoms with Crippen LogP contribution in [-0.4, -0.2) is 21.8 Å². The van der Waals surface area contributed by atoms with Gasteiger partial charge in [0, 0.05) is 49.5 Å². The third kappa shape index (κ3) is 1.76. The normalized spacial score (nSPS) is 17.7. The van der Waals surface area contributed by atoms with Crippen molar-refractivity contribution in [3.05, 3.63) is 55.5 Å². The van der Waals surface area contributed by atoms with Crippen molar-refractivity contribution < 1.29 is 19.8 Å². The maximum atomic E-state index is 12.6. The largest absolute Gasteiger partial charge is 0.508 e. The van der Waals surface area contributed by atoms with E-state index >= 15 is 0 Å². The Bertz CT molecular complexity index is 842. The van der Waals surface area contributed by atoms with Gasteiger partial charge in [-0.3, -0.25) is 9.59 Å². The molecule has 0 saturated heterocycles. The van der Waals surface area contributed by atoms with Crippen molar-refractivity contribution >= 4 is 43.4 Å². The van der Waals surface area contributed by atoms with Gasteiger partial charge in [-0.1, -0.05) is 31.9 Å². The minimum atomic E-state index is -0.999. The number of phenols is 2. The number of carbonyl (C=O) groups excluding carboxylic acids is 2. The zero-order chi connectivity index (χ0) is 16.5. The third-order valence-electron chi connectivity index (χ3n) is 4.70. The summed E-state index contributed by atoms with van der Waals surface area (Å²) < 4.78 is 1.17. The summed E-state index contributed by atoms with van der Waals surface area (Å²) in [5, 5.41) is 20.8. The van der Waals surface area contributed by atoms with E-state index in [9.17, 15) is 19.8 Å². The Morgan fingerprint density at radius 2 is 1.17 bits per heavy atom. The van der Waals surface area contributed by atoms with Gasteiger partial charge in [-0.25, -0.2) is 0 Å². The molecule has 0 radical (unpaired) electrons. The fourth-order valence-electron chi connectivity index (χ4n) is 3.91. The van der Waals surface area contributed by atoms with Crippen LogP contribution in [0.2, 0.25) is 0 Å². The molecular formula is C17H10Br2O4. The number of halogens is 2. The molecule has 1 spiro atoms. The molecule has 0 atom stereocenters. The summed E-state index contributed by atoms with van der Waals surface area (Å²) >= 11 is 6.70. The summed E-state index contributed by atoms with van der Waals surface area (Å²) in [6, 6.07) is 6.23. The highest BCUT2D eigenvalue weighted by molar-refractivity contribution is 9.10. The number of aromatic hydroxyl groups is 2. The van der Waals surface area contributed by atoms with Crippen LogP contribution in [0.15, 0.2) is 33.2 Å². The lowest BCUT2D eigenvalue weighted by atomic mass is 9.76. The van der Waals surface area contributed by atoms with Crippen molar-refractivity contribution in [2.45, 2.75) is 18.3 Å². The van der Waals surface area contributed by atoms with Crippen molar-refractivity contribution in [1.29, 1.82) is 0 Å². The van der Waals surface area contributed by atoms with Crippen LogP contribution >= 0.6 is 31.9 Å². The molecule has 0 amide bonds. The van der Waals surface area contributed by atoms with Crippen molar-refractivity contribution in [3.8, 4) is 11.5 Å². The minimum absolute atomic E-state index is 0.0333. The van der Waals surface area contributed by atoms with Crippen LogP contribution in [0.1, 0.15) is 44.7 Å². The first kappa shape index (κ1) is 14.9. The van der Waals surface area contributed by atoms with Gasteiger partial charge in [-0.2, -0.15) is 0 Å². The molecule has 2 aromatic rings. The van der Waals surface area contributed by atoms with Crippen molar-refractivity contribution in [2.75, 3.05) is 0 Å². The van der Waals surface area contributed by atoms with Crippen LogP contribution in [0.5, 0.6) is 11.5 Å². The average molecular weight is 438 g/mol. The smallest absolute Gasteiger partial charge is 0.165 e. The monoisotopic (exact) mass is 436 g/mol. The van der Waals surface area contributed by atoms with E-state index < -0.39 is 5.41 Å². The lowest BCUT2D eigenvalue weighted by Gasteiger charge is -2.26. The Morgan fingerprint density at radius 1 is 0.783 bits per heavy atom. The highest BCUT2D eigenvalue weighted by Crippen LogP contribution is 2.59. The van der Waals surface area contributed by atoms with Gasteiger partial charge in [-0.05, 0) is 24.3 Å². The van der Waals surface area contributed by atoms with Crippen LogP contribution in [0.3, 0.4) is 0 Å². The van der Waals surface area contributed by atoms with Crippen LogP contribution in [0.25, 0.3) is 0 Å². The van der Waals surface area contributed by atoms with Crippen molar-refractivity contribution in [2.24, 2.45) is 0 Å². The Hall–Kier alpha value is -1.66. The van der Waals surface area contributed by atoms with E-state index in [1.54, 1.807) is 12.1 Å². The molecular weight excluding hydrogens is 428 g/mol. The summed E-state index contributed by atoms with van der Waals surface area (Å²) in [4.78, 5) is 25.1. The van der Waals surface area contributed by atoms with Crippen LogP contribution in [0.4, 0.5) is 0 Å². The molecule has 0 bridgehead atoms. The van der Waals surface area contributed by atoms with Gasteiger partial charge in [0.25, 0.3) is 0 Å². The maximum Gasteiger partial charge on any atom is 0.165 e. The van der Waals surface area contributed by atoms with Gasteiger partial charge < -0.3 is 10.2 Å². The molecule has 0 fully saturated rings. The zero-order valence-electron chi connectivity index (χ0n) is 11.7. The Labute approximate surface area is 148 Å². The molecule has 2 aliphatic rings. The van der Waals surface area contributed by atoms with E-state index in [2.05, 4.69) is 31.9 Å². The quantitative estimate of drug-likeness (QED) is 0.651. The number of fused-ring (bicyclic) bond motifs is 4. The SMILES string of the molecule is O=C1CC2(CC(=O)c3c(Br)ccc(O)c32)c2c(O)ccc(Br)c21. The van der Waals surface area contributed by atoms with E-state index in [4.69, 9.17) is 0 Å². The summed E-state index contributed by atoms with van der Waals surface area (Å²) in [6.45, 7) is 0. The fourth-order valence-corrected chi connectivity index (χ4v) is 5.02. The molecule has 4 rings (SSSR count). The number of carbonyl (C=O) groups is 2. The predicted molar refractivity (Wildman–Crippen MR) is 90.3 cm³/mol. The van der Waals surface area contributed by atoms with Crippen LogP contribution in [0, 0.1) is 0 Å². The molecule has 2 aromatic carbocycles. The summed E-state index contributed by atoms with van der Waals surface area (Å²) in [7, 11) is 0. The molecule has 2 aliphatic carbocycles. The maximum absolute atomic E-state index is 12.6. The second kappa shape index (κ2) is 4.68. The van der Waals surface area contributed by atoms with Crippen molar-refractivity contribution in [3.63, 3.8) is 0 Å². The first-order chi connectivity index (χ1) is 10.9. The van der Waals surface area contributed by atoms with Crippen LogP contribution in [-0.2, 0) is 5.41 Å². The number of benzene rings is 2. The number of ketones is 2. The Kier molecular flexibility index (Phi) is 3.03. The molecule has 4 nitrogen and oxygen atoms in total. The van der Waals surface area contributed by atoms with Gasteiger partial charge in [-0.15, -0.1) is 0 Å². The molecule has 23 heavy (non-hydrogen) atoms. The van der Waals surface area contributed by atoms with Gasteiger partial charge in [0.15, 0.2) is 11.6 Å². The second-order valence-corrected chi connectivity index (χ2v) is 7.62. The van der Waals surface area contributed by atoms with Gasteiger partial charge >= 0.3 is 0 Å². The number of rotatable bonds is 0. The molecule has 0 aliphatic heterocycles. The lowest BCUT2D eigenvalue weighted by Crippen LogP contribution is -2.22. The van der Waals surface area contributed by atoms with Crippen LogP contribution < -0.4 is 0 Å². The summed E-state index contributed by atoms with van der Waals surface area (Å²) in [5.74, 6) is -0.367. The van der Waals surface area contributed by atoms with E-state index in [1.807, 2.05) is 0 Å². The third-order valence-corrected chi connectivity index (χ3v) is 6.03. The molecule has 2 N–H and O–H groups in total. The number of phenolic OH excluding ortho intramolecular Hbond substituents is 2.